The predicted molar refractivity (Wildman–Crippen MR) is 458 cm³/mol. The number of amides is 2. The van der Waals surface area contributed by atoms with E-state index in [1.807, 2.05) is 50.2 Å². The summed E-state index contributed by atoms with van der Waals surface area (Å²) in [6, 6.07) is 66.6. The van der Waals surface area contributed by atoms with Crippen molar-refractivity contribution in [2.45, 2.75) is 208 Å². The van der Waals surface area contributed by atoms with Gasteiger partial charge in [0.05, 0.1) is 43.1 Å². The van der Waals surface area contributed by atoms with Gasteiger partial charge in [-0.2, -0.15) is 0 Å². The molecule has 4 nitrogen and oxygen atoms in total. The van der Waals surface area contributed by atoms with Crippen molar-refractivity contribution in [1.29, 1.82) is 0 Å². The van der Waals surface area contributed by atoms with Crippen molar-refractivity contribution < 1.29 is 9.59 Å². The molecule has 0 bridgehead atoms. The third-order valence-electron chi connectivity index (χ3n) is 24.5. The zero-order chi connectivity index (χ0) is 74.9. The van der Waals surface area contributed by atoms with Gasteiger partial charge in [0.25, 0.3) is 11.8 Å². The standard InChI is InChI=1S/C96H104N2O2S6/c1-19-23-25-61(21-3)55-97-85(76-44-43-73(101-76)74-45-48-79(102-74)91(9,10)11)83-84(90(97)100)86(98(89(83)99)56-62(22-4)26-24-20-2)77-47-50-81(104-77)94(17,18)93(15,16)80-49-46-75(103-80)78-53-71-87(105-78)67-51-70-68(52-69(67)95(71,63-35-27-57(5)28-36-63)64-37-29-58(6)30-38-64)88-72(54-82(106-88)92(12,13)14)96(70,65-39-31-59(7)32-40-65)66-41-33-60(8)34-42-66/h27-54,61-62H,19-26,55-56H2,1-18H3. The zero-order valence-electron chi connectivity index (χ0n) is 65.6. The number of nitrogens with zero attached hydrogens (tertiary/aromatic N) is 2. The number of benzene rings is 5. The second kappa shape index (κ2) is 28.0. The van der Waals surface area contributed by atoms with E-state index in [2.05, 4.69) is 299 Å². The van der Waals surface area contributed by atoms with Crippen LogP contribution in [0.25, 0.3) is 51.8 Å². The summed E-state index contributed by atoms with van der Waals surface area (Å²) in [4.78, 5) is 51.0. The number of rotatable bonds is 23. The highest BCUT2D eigenvalue weighted by Gasteiger charge is 2.55. The molecule has 0 spiro atoms. The first kappa shape index (κ1) is 74.2. The lowest BCUT2D eigenvalue weighted by atomic mass is 9.65. The molecule has 0 saturated heterocycles. The molecule has 0 radical (unpaired) electrons. The fourth-order valence-corrected chi connectivity index (χ4v) is 24.7. The van der Waals surface area contributed by atoms with Crippen LogP contribution in [-0.4, -0.2) is 34.7 Å². The Morgan fingerprint density at radius 2 is 0.689 bits per heavy atom. The average molecular weight is 1510 g/mol. The number of thiophene rings is 6. The van der Waals surface area contributed by atoms with Gasteiger partial charge >= 0.3 is 0 Å². The predicted octanol–water partition coefficient (Wildman–Crippen LogP) is 27.4. The topological polar surface area (TPSA) is 40.6 Å². The first-order chi connectivity index (χ1) is 50.6. The molecule has 5 aromatic carbocycles. The third kappa shape index (κ3) is 12.2. The second-order valence-corrected chi connectivity index (χ2v) is 40.6. The summed E-state index contributed by atoms with van der Waals surface area (Å²) >= 11 is 11.2. The minimum Gasteiger partial charge on any atom is -0.306 e. The molecule has 8 heterocycles. The Balaban J connectivity index is 0.857. The average Bonchev–Trinajstić information content (AvgIpc) is 1.50. The molecule has 0 N–H and O–H groups in total. The molecule has 2 amide bonds. The molecule has 6 aromatic heterocycles. The van der Waals surface area contributed by atoms with Gasteiger partial charge < -0.3 is 9.80 Å². The summed E-state index contributed by atoms with van der Waals surface area (Å²) < 4.78 is 0. The molecule has 0 fully saturated rings. The normalized spacial score (nSPS) is 16.0. The lowest BCUT2D eigenvalue weighted by Gasteiger charge is -2.40. The van der Waals surface area contributed by atoms with Crippen LogP contribution in [0.4, 0.5) is 0 Å². The van der Waals surface area contributed by atoms with Gasteiger partial charge in [-0.05, 0) is 192 Å². The van der Waals surface area contributed by atoms with Gasteiger partial charge in [0.2, 0.25) is 0 Å². The van der Waals surface area contributed by atoms with E-state index in [0.29, 0.717) is 36.1 Å². The van der Waals surface area contributed by atoms with Crippen molar-refractivity contribution >= 4 is 91.2 Å². The van der Waals surface area contributed by atoms with Crippen LogP contribution >= 0.6 is 68.0 Å². The fourth-order valence-electron chi connectivity index (χ4n) is 17.2. The maximum absolute atomic E-state index is 16.0. The maximum atomic E-state index is 16.0. The van der Waals surface area contributed by atoms with Crippen LogP contribution < -0.4 is 0 Å². The maximum Gasteiger partial charge on any atom is 0.261 e. The number of hydrogen-bond donors (Lipinski definition) is 0. The van der Waals surface area contributed by atoms with Crippen molar-refractivity contribution in [2.24, 2.45) is 11.8 Å². The van der Waals surface area contributed by atoms with Crippen LogP contribution in [0.2, 0.25) is 0 Å². The summed E-state index contributed by atoms with van der Waals surface area (Å²) in [5.41, 5.74) is 19.1. The van der Waals surface area contributed by atoms with Gasteiger partial charge in [-0.25, -0.2) is 0 Å². The fraction of sp³-hybridized carbons (Fsp3) is 0.375. The Hall–Kier alpha value is -7.28. The Labute approximate surface area is 656 Å². The Morgan fingerprint density at radius 3 is 1.09 bits per heavy atom. The van der Waals surface area contributed by atoms with E-state index < -0.39 is 10.8 Å². The quantitative estimate of drug-likeness (QED) is 0.0640. The number of hydrogen-bond acceptors (Lipinski definition) is 8. The van der Waals surface area contributed by atoms with Crippen LogP contribution in [-0.2, 0) is 42.1 Å². The van der Waals surface area contributed by atoms with E-state index in [0.717, 1.165) is 72.5 Å². The van der Waals surface area contributed by atoms with Crippen LogP contribution in [0.1, 0.15) is 244 Å². The molecule has 10 heteroatoms. The van der Waals surface area contributed by atoms with E-state index >= 15 is 9.59 Å². The number of fused-ring (bicyclic) bond motifs is 7. The summed E-state index contributed by atoms with van der Waals surface area (Å²) in [6.45, 7) is 42.7. The molecule has 2 aliphatic carbocycles. The molecular weight excluding hydrogens is 1410 g/mol. The minimum absolute atomic E-state index is 0.0276. The second-order valence-electron chi connectivity index (χ2n) is 34.1. The number of carbonyl (C=O) groups excluding carboxylic acids is 2. The van der Waals surface area contributed by atoms with Crippen LogP contribution in [0, 0.1) is 39.5 Å². The van der Waals surface area contributed by atoms with Crippen molar-refractivity contribution in [1.82, 2.24) is 9.80 Å². The van der Waals surface area contributed by atoms with E-state index in [-0.39, 0.29) is 33.5 Å². The van der Waals surface area contributed by atoms with Crippen LogP contribution in [0.5, 0.6) is 0 Å². The molecule has 11 aromatic rings. The Morgan fingerprint density at radius 1 is 0.349 bits per heavy atom. The molecular formula is C96H104N2O2S6. The summed E-state index contributed by atoms with van der Waals surface area (Å²) in [5, 5.41) is 0. The largest absolute Gasteiger partial charge is 0.306 e. The van der Waals surface area contributed by atoms with E-state index in [4.69, 9.17) is 0 Å². The third-order valence-corrected chi connectivity index (χ3v) is 33.0. The Kier molecular flexibility index (Phi) is 19.6. The first-order valence-electron chi connectivity index (χ1n) is 38.9. The van der Waals surface area contributed by atoms with Crippen molar-refractivity contribution in [2.75, 3.05) is 13.1 Å². The van der Waals surface area contributed by atoms with Gasteiger partial charge in [-0.1, -0.05) is 255 Å². The van der Waals surface area contributed by atoms with E-state index in [1.165, 1.54) is 127 Å². The van der Waals surface area contributed by atoms with Crippen molar-refractivity contribution in [3.05, 3.63) is 277 Å². The van der Waals surface area contributed by atoms with E-state index in [1.54, 1.807) is 22.7 Å². The molecule has 546 valence electrons. The SMILES string of the molecule is CCCCC(CC)CN1C(=O)C2=C(c3ccc(C(C)(C)C(C)(C)c4ccc(-c5cc6c(s5)-c5cc7c(cc5C6(c5ccc(C)cc5)c5ccc(C)cc5)-c5sc(C(C)(C)C)cc5C7(c5ccc(C)cc5)c5ccc(C)cc5)s4)s3)N(CC(CC)CCCC)C(=O)C2=C1c1ccc(-c2ccc(C(C)(C)C)s2)s1. The summed E-state index contributed by atoms with van der Waals surface area (Å²) in [6.07, 6.45) is 8.42. The lowest BCUT2D eigenvalue weighted by molar-refractivity contribution is -0.124. The Bertz CT molecular complexity index is 5150. The molecule has 2 aliphatic heterocycles. The minimum atomic E-state index is -0.624. The summed E-state index contributed by atoms with van der Waals surface area (Å²) in [5.74, 6) is 0.551. The van der Waals surface area contributed by atoms with Crippen LogP contribution in [0.15, 0.2) is 181 Å². The molecule has 2 unspecified atom stereocenters. The first-order valence-corrected chi connectivity index (χ1v) is 43.8. The van der Waals surface area contributed by atoms with Gasteiger partial charge in [-0.3, -0.25) is 9.59 Å². The smallest absolute Gasteiger partial charge is 0.261 e. The summed E-state index contributed by atoms with van der Waals surface area (Å²) in [7, 11) is 0. The number of unbranched alkanes of at least 4 members (excludes halogenated alkanes) is 2. The molecule has 0 saturated carbocycles. The van der Waals surface area contributed by atoms with E-state index in [9.17, 15) is 0 Å². The van der Waals surface area contributed by atoms with Crippen molar-refractivity contribution in [3.8, 4) is 40.4 Å². The zero-order valence-corrected chi connectivity index (χ0v) is 70.5. The highest BCUT2D eigenvalue weighted by atomic mass is 32.1. The highest BCUT2D eigenvalue weighted by molar-refractivity contribution is 7.24. The molecule has 4 aliphatic rings. The van der Waals surface area contributed by atoms with Gasteiger partial charge in [0.1, 0.15) is 0 Å². The molecule has 15 rings (SSSR count). The van der Waals surface area contributed by atoms with Crippen molar-refractivity contribution in [3.63, 3.8) is 0 Å². The highest BCUT2D eigenvalue weighted by Crippen LogP contribution is 2.67. The number of carbonyl (C=O) groups is 2. The lowest BCUT2D eigenvalue weighted by Crippen LogP contribution is -2.39. The van der Waals surface area contributed by atoms with Crippen LogP contribution in [0.3, 0.4) is 0 Å². The van der Waals surface area contributed by atoms with Gasteiger partial charge in [-0.15, -0.1) is 68.0 Å². The van der Waals surface area contributed by atoms with Gasteiger partial charge in [0, 0.05) is 72.7 Å². The molecule has 2 atom stereocenters. The number of aryl methyl sites for hydroxylation is 4. The van der Waals surface area contributed by atoms with Gasteiger partial charge in [0.15, 0.2) is 0 Å². The monoisotopic (exact) mass is 1510 g/mol. The molecule has 106 heavy (non-hydrogen) atoms.